The number of carbonyl (C=O) groups is 1. The molecule has 0 radical (unpaired) electrons. The standard InChI is InChI=1S/C23H28N4O3S/c1-5-27-22(17-6-10-20(11-7-17)30-14-16(2)3)25-26-23(27)31-15-21(28)24-18-8-12-19(29-4)13-9-18/h6-13,16H,5,14-15H2,1-4H3,(H,24,28). The molecule has 31 heavy (non-hydrogen) atoms. The van der Waals surface area contributed by atoms with E-state index in [0.29, 0.717) is 24.2 Å². The molecular formula is C23H28N4O3S. The highest BCUT2D eigenvalue weighted by Crippen LogP contribution is 2.26. The Kier molecular flexibility index (Phi) is 7.94. The van der Waals surface area contributed by atoms with E-state index in [4.69, 9.17) is 9.47 Å². The number of hydrogen-bond acceptors (Lipinski definition) is 6. The molecule has 8 heteroatoms. The Morgan fingerprint density at radius 3 is 2.35 bits per heavy atom. The number of methoxy groups -OCH3 is 1. The molecule has 7 nitrogen and oxygen atoms in total. The van der Waals surface area contributed by atoms with Crippen molar-refractivity contribution in [2.45, 2.75) is 32.5 Å². The Bertz CT molecular complexity index is 985. The number of ether oxygens (including phenoxy) is 2. The summed E-state index contributed by atoms with van der Waals surface area (Å²) in [5.74, 6) is 2.97. The summed E-state index contributed by atoms with van der Waals surface area (Å²) in [6, 6.07) is 15.1. The van der Waals surface area contributed by atoms with Crippen LogP contribution in [0.4, 0.5) is 5.69 Å². The third-order valence-corrected chi connectivity index (χ3v) is 5.40. The Morgan fingerprint density at radius 2 is 1.74 bits per heavy atom. The average Bonchev–Trinajstić information content (AvgIpc) is 3.20. The molecular weight excluding hydrogens is 412 g/mol. The molecule has 1 aromatic heterocycles. The molecule has 1 N–H and O–H groups in total. The highest BCUT2D eigenvalue weighted by atomic mass is 32.2. The minimum atomic E-state index is -0.103. The van der Waals surface area contributed by atoms with Crippen LogP contribution in [-0.2, 0) is 11.3 Å². The minimum absolute atomic E-state index is 0.103. The van der Waals surface area contributed by atoms with E-state index in [-0.39, 0.29) is 11.7 Å². The predicted octanol–water partition coefficient (Wildman–Crippen LogP) is 4.74. The van der Waals surface area contributed by atoms with Crippen LogP contribution in [-0.4, -0.2) is 40.1 Å². The number of hydrogen-bond donors (Lipinski definition) is 1. The van der Waals surface area contributed by atoms with Crippen LogP contribution in [0.5, 0.6) is 11.5 Å². The number of rotatable bonds is 10. The summed E-state index contributed by atoms with van der Waals surface area (Å²) in [4.78, 5) is 12.3. The van der Waals surface area contributed by atoms with E-state index >= 15 is 0 Å². The van der Waals surface area contributed by atoms with Crippen LogP contribution in [0.3, 0.4) is 0 Å². The monoisotopic (exact) mass is 440 g/mol. The van der Waals surface area contributed by atoms with E-state index in [9.17, 15) is 4.79 Å². The van der Waals surface area contributed by atoms with E-state index in [1.54, 1.807) is 7.11 Å². The van der Waals surface area contributed by atoms with Gasteiger partial charge in [0.25, 0.3) is 0 Å². The number of thioether (sulfide) groups is 1. The zero-order valence-corrected chi connectivity index (χ0v) is 19.1. The second-order valence-electron chi connectivity index (χ2n) is 7.35. The summed E-state index contributed by atoms with van der Waals surface area (Å²) < 4.78 is 12.9. The molecule has 0 unspecified atom stereocenters. The van der Waals surface area contributed by atoms with E-state index < -0.39 is 0 Å². The summed E-state index contributed by atoms with van der Waals surface area (Å²) in [5, 5.41) is 12.2. The molecule has 3 aromatic rings. The highest BCUT2D eigenvalue weighted by molar-refractivity contribution is 7.99. The third-order valence-electron chi connectivity index (χ3n) is 4.44. The summed E-state index contributed by atoms with van der Waals surface area (Å²) in [6.45, 7) is 7.66. The Morgan fingerprint density at radius 1 is 1.06 bits per heavy atom. The van der Waals surface area contributed by atoms with Gasteiger partial charge in [-0.1, -0.05) is 25.6 Å². The van der Waals surface area contributed by atoms with Gasteiger partial charge in [-0.15, -0.1) is 10.2 Å². The quantitative estimate of drug-likeness (QED) is 0.459. The average molecular weight is 441 g/mol. The van der Waals surface area contributed by atoms with Gasteiger partial charge in [-0.3, -0.25) is 4.79 Å². The molecule has 1 heterocycles. The van der Waals surface area contributed by atoms with Gasteiger partial charge in [0, 0.05) is 17.8 Å². The normalized spacial score (nSPS) is 10.9. The summed E-state index contributed by atoms with van der Waals surface area (Å²) in [5.41, 5.74) is 1.68. The van der Waals surface area contributed by atoms with E-state index in [1.807, 2.05) is 60.0 Å². The van der Waals surface area contributed by atoms with E-state index in [2.05, 4.69) is 29.4 Å². The Balaban J connectivity index is 1.62. The number of carbonyl (C=O) groups excluding carboxylic acids is 1. The molecule has 0 aliphatic rings. The van der Waals surface area contributed by atoms with Gasteiger partial charge in [0.1, 0.15) is 11.5 Å². The lowest BCUT2D eigenvalue weighted by Crippen LogP contribution is -2.14. The molecule has 164 valence electrons. The first-order chi connectivity index (χ1) is 15.0. The van der Waals surface area contributed by atoms with Crippen molar-refractivity contribution in [3.8, 4) is 22.9 Å². The van der Waals surface area contributed by atoms with Crippen molar-refractivity contribution in [2.75, 3.05) is 24.8 Å². The smallest absolute Gasteiger partial charge is 0.234 e. The van der Waals surface area contributed by atoms with Gasteiger partial charge in [-0.05, 0) is 61.4 Å². The fourth-order valence-electron chi connectivity index (χ4n) is 2.86. The van der Waals surface area contributed by atoms with Gasteiger partial charge >= 0.3 is 0 Å². The number of anilines is 1. The van der Waals surface area contributed by atoms with Crippen molar-refractivity contribution >= 4 is 23.4 Å². The maximum atomic E-state index is 12.3. The first kappa shape index (κ1) is 22.7. The van der Waals surface area contributed by atoms with Gasteiger partial charge in [-0.25, -0.2) is 0 Å². The molecule has 3 rings (SSSR count). The van der Waals surface area contributed by atoms with Crippen LogP contribution >= 0.6 is 11.8 Å². The molecule has 0 saturated heterocycles. The van der Waals surface area contributed by atoms with Crippen LogP contribution in [0.1, 0.15) is 20.8 Å². The third kappa shape index (κ3) is 6.24. The number of nitrogens with zero attached hydrogens (tertiary/aromatic N) is 3. The van der Waals surface area contributed by atoms with Crippen molar-refractivity contribution in [1.29, 1.82) is 0 Å². The second kappa shape index (κ2) is 10.9. The first-order valence-corrected chi connectivity index (χ1v) is 11.2. The van der Waals surface area contributed by atoms with Gasteiger partial charge in [-0.2, -0.15) is 0 Å². The minimum Gasteiger partial charge on any atom is -0.497 e. The molecule has 2 aromatic carbocycles. The van der Waals surface area contributed by atoms with Crippen LogP contribution in [0.15, 0.2) is 53.7 Å². The van der Waals surface area contributed by atoms with Crippen LogP contribution in [0, 0.1) is 5.92 Å². The predicted molar refractivity (Wildman–Crippen MR) is 124 cm³/mol. The lowest BCUT2D eigenvalue weighted by Gasteiger charge is -2.10. The van der Waals surface area contributed by atoms with E-state index in [0.717, 1.165) is 28.6 Å². The van der Waals surface area contributed by atoms with Crippen molar-refractivity contribution in [3.05, 3.63) is 48.5 Å². The van der Waals surface area contributed by atoms with Gasteiger partial charge < -0.3 is 19.4 Å². The fraction of sp³-hybridized carbons (Fsp3) is 0.348. The van der Waals surface area contributed by atoms with Crippen LogP contribution in [0.25, 0.3) is 11.4 Å². The van der Waals surface area contributed by atoms with Crippen LogP contribution < -0.4 is 14.8 Å². The first-order valence-electron chi connectivity index (χ1n) is 10.2. The second-order valence-corrected chi connectivity index (χ2v) is 8.29. The zero-order chi connectivity index (χ0) is 22.2. The summed E-state index contributed by atoms with van der Waals surface area (Å²) in [7, 11) is 1.61. The largest absolute Gasteiger partial charge is 0.497 e. The SMILES string of the molecule is CCn1c(SCC(=O)Nc2ccc(OC)cc2)nnc1-c1ccc(OCC(C)C)cc1. The fourth-order valence-corrected chi connectivity index (χ4v) is 3.66. The number of benzene rings is 2. The lowest BCUT2D eigenvalue weighted by molar-refractivity contribution is -0.113. The number of amides is 1. The number of aromatic nitrogens is 3. The van der Waals surface area contributed by atoms with Gasteiger partial charge in [0.05, 0.1) is 19.5 Å². The molecule has 0 atom stereocenters. The van der Waals surface area contributed by atoms with Gasteiger partial charge in [0.15, 0.2) is 11.0 Å². The molecule has 0 fully saturated rings. The van der Waals surface area contributed by atoms with Crippen molar-refractivity contribution in [2.24, 2.45) is 5.92 Å². The lowest BCUT2D eigenvalue weighted by atomic mass is 10.2. The maximum Gasteiger partial charge on any atom is 0.234 e. The summed E-state index contributed by atoms with van der Waals surface area (Å²) in [6.07, 6.45) is 0. The van der Waals surface area contributed by atoms with Crippen molar-refractivity contribution in [3.63, 3.8) is 0 Å². The van der Waals surface area contributed by atoms with E-state index in [1.165, 1.54) is 11.8 Å². The maximum absolute atomic E-state index is 12.3. The van der Waals surface area contributed by atoms with Crippen molar-refractivity contribution in [1.82, 2.24) is 14.8 Å². The van der Waals surface area contributed by atoms with Gasteiger partial charge in [0.2, 0.25) is 5.91 Å². The molecule has 0 aliphatic carbocycles. The molecule has 0 spiro atoms. The molecule has 0 aliphatic heterocycles. The highest BCUT2D eigenvalue weighted by Gasteiger charge is 2.15. The molecule has 0 saturated carbocycles. The topological polar surface area (TPSA) is 78.3 Å². The summed E-state index contributed by atoms with van der Waals surface area (Å²) >= 11 is 1.36. The van der Waals surface area contributed by atoms with Crippen molar-refractivity contribution < 1.29 is 14.3 Å². The zero-order valence-electron chi connectivity index (χ0n) is 18.3. The Labute approximate surface area is 187 Å². The molecule has 1 amide bonds. The number of nitrogens with one attached hydrogen (secondary N) is 1. The molecule has 0 bridgehead atoms. The Hall–Kier alpha value is -3.00. The van der Waals surface area contributed by atoms with Crippen LogP contribution in [0.2, 0.25) is 0 Å².